The van der Waals surface area contributed by atoms with Crippen molar-refractivity contribution in [1.29, 1.82) is 0 Å². The molecule has 0 aliphatic heterocycles. The molecule has 2 heterocycles. The van der Waals surface area contributed by atoms with Crippen LogP contribution in [0.4, 0.5) is 0 Å². The van der Waals surface area contributed by atoms with E-state index in [1.165, 1.54) is 0 Å². The van der Waals surface area contributed by atoms with E-state index in [1.54, 1.807) is 43.0 Å². The number of thiazole rings is 1. The quantitative estimate of drug-likeness (QED) is 0.692. The van der Waals surface area contributed by atoms with E-state index in [4.69, 9.17) is 9.47 Å². The Kier molecular flexibility index (Phi) is 5.80. The van der Waals surface area contributed by atoms with E-state index in [2.05, 4.69) is 15.3 Å². The Balaban J connectivity index is 1.54. The van der Waals surface area contributed by atoms with Crippen molar-refractivity contribution in [3.8, 4) is 22.1 Å². The lowest BCUT2D eigenvalue weighted by Crippen LogP contribution is -2.28. The van der Waals surface area contributed by atoms with Crippen molar-refractivity contribution >= 4 is 17.2 Å². The molecular formula is C19H19N3O3S. The van der Waals surface area contributed by atoms with Gasteiger partial charge in [-0.2, -0.15) is 0 Å². The van der Waals surface area contributed by atoms with Crippen LogP contribution in [0, 0.1) is 6.92 Å². The molecule has 0 unspecified atom stereocenters. The van der Waals surface area contributed by atoms with Gasteiger partial charge in [0, 0.05) is 28.9 Å². The fourth-order valence-electron chi connectivity index (χ4n) is 2.27. The number of hydrogen-bond acceptors (Lipinski definition) is 6. The molecule has 3 rings (SSSR count). The highest BCUT2D eigenvalue weighted by Gasteiger charge is 2.11. The molecule has 7 heteroatoms. The number of carbonyl (C=O) groups excluding carboxylic acids is 1. The second kappa shape index (κ2) is 8.44. The van der Waals surface area contributed by atoms with Crippen molar-refractivity contribution in [2.75, 3.05) is 13.7 Å². The zero-order valence-corrected chi connectivity index (χ0v) is 15.4. The first kappa shape index (κ1) is 17.9. The predicted octanol–water partition coefficient (Wildman–Crippen LogP) is 3.22. The summed E-state index contributed by atoms with van der Waals surface area (Å²) in [7, 11) is 1.59. The number of aromatic nitrogens is 2. The largest absolute Gasteiger partial charge is 0.497 e. The minimum absolute atomic E-state index is 0.0551. The third kappa shape index (κ3) is 4.58. The van der Waals surface area contributed by atoms with Crippen LogP contribution in [0.1, 0.15) is 10.6 Å². The third-order valence-corrected chi connectivity index (χ3v) is 4.86. The zero-order valence-electron chi connectivity index (χ0n) is 14.6. The van der Waals surface area contributed by atoms with Crippen molar-refractivity contribution in [2.45, 2.75) is 13.5 Å². The van der Waals surface area contributed by atoms with Crippen LogP contribution in [0.25, 0.3) is 10.6 Å². The van der Waals surface area contributed by atoms with Crippen molar-refractivity contribution in [3.05, 3.63) is 59.4 Å². The minimum Gasteiger partial charge on any atom is -0.497 e. The number of pyridine rings is 1. The third-order valence-electron chi connectivity index (χ3n) is 3.66. The van der Waals surface area contributed by atoms with Crippen LogP contribution in [0.3, 0.4) is 0 Å². The number of aryl methyl sites for hydroxylation is 1. The number of ether oxygens (including phenoxy) is 2. The van der Waals surface area contributed by atoms with Gasteiger partial charge in [-0.15, -0.1) is 11.3 Å². The Morgan fingerprint density at radius 2 is 2.08 bits per heavy atom. The highest BCUT2D eigenvalue weighted by Crippen LogP contribution is 2.27. The number of methoxy groups -OCH3 is 1. The van der Waals surface area contributed by atoms with Gasteiger partial charge in [-0.25, -0.2) is 4.98 Å². The van der Waals surface area contributed by atoms with Gasteiger partial charge in [0.05, 0.1) is 19.3 Å². The molecule has 3 aromatic rings. The van der Waals surface area contributed by atoms with E-state index in [1.807, 2.05) is 31.2 Å². The summed E-state index contributed by atoms with van der Waals surface area (Å²) in [6.07, 6.45) is 3.51. The van der Waals surface area contributed by atoms with Gasteiger partial charge in [-0.1, -0.05) is 6.07 Å². The van der Waals surface area contributed by atoms with Crippen molar-refractivity contribution in [1.82, 2.24) is 15.3 Å². The lowest BCUT2D eigenvalue weighted by molar-refractivity contribution is -0.123. The zero-order chi connectivity index (χ0) is 18.4. The van der Waals surface area contributed by atoms with E-state index in [9.17, 15) is 4.79 Å². The van der Waals surface area contributed by atoms with Gasteiger partial charge in [0.25, 0.3) is 5.91 Å². The van der Waals surface area contributed by atoms with Gasteiger partial charge in [0.15, 0.2) is 6.61 Å². The molecule has 0 radical (unpaired) electrons. The first-order chi connectivity index (χ1) is 12.7. The normalized spacial score (nSPS) is 10.4. The van der Waals surface area contributed by atoms with Crippen LogP contribution in [0.5, 0.6) is 11.5 Å². The van der Waals surface area contributed by atoms with Crippen LogP contribution in [-0.4, -0.2) is 29.6 Å². The van der Waals surface area contributed by atoms with E-state index >= 15 is 0 Å². The van der Waals surface area contributed by atoms with E-state index in [-0.39, 0.29) is 12.5 Å². The average Bonchev–Trinajstić information content (AvgIpc) is 3.06. The number of rotatable bonds is 7. The predicted molar refractivity (Wildman–Crippen MR) is 100 cm³/mol. The van der Waals surface area contributed by atoms with Gasteiger partial charge in [0.2, 0.25) is 0 Å². The number of nitrogens with zero attached hydrogens (tertiary/aromatic N) is 2. The summed E-state index contributed by atoms with van der Waals surface area (Å²) in [6.45, 7) is 2.30. The highest BCUT2D eigenvalue weighted by atomic mass is 32.1. The van der Waals surface area contributed by atoms with E-state index in [0.29, 0.717) is 18.0 Å². The van der Waals surface area contributed by atoms with Crippen molar-refractivity contribution < 1.29 is 14.3 Å². The van der Waals surface area contributed by atoms with Crippen LogP contribution >= 0.6 is 11.3 Å². The molecule has 0 fully saturated rings. The SMILES string of the molecule is COc1cccc(OCC(=O)NCc2sc(-c3cccnc3)nc2C)c1. The number of hydrogen-bond donors (Lipinski definition) is 1. The molecular weight excluding hydrogens is 350 g/mol. The van der Waals surface area contributed by atoms with E-state index in [0.717, 1.165) is 21.1 Å². The lowest BCUT2D eigenvalue weighted by atomic mass is 10.3. The fraction of sp³-hybridized carbons (Fsp3) is 0.211. The number of amides is 1. The molecule has 6 nitrogen and oxygen atoms in total. The topological polar surface area (TPSA) is 73.3 Å². The first-order valence-electron chi connectivity index (χ1n) is 8.06. The number of nitrogens with one attached hydrogen (secondary N) is 1. The van der Waals surface area contributed by atoms with Crippen LogP contribution < -0.4 is 14.8 Å². The van der Waals surface area contributed by atoms with Crippen LogP contribution in [-0.2, 0) is 11.3 Å². The lowest BCUT2D eigenvalue weighted by Gasteiger charge is -2.08. The summed E-state index contributed by atoms with van der Waals surface area (Å²) in [5.41, 5.74) is 1.88. The summed E-state index contributed by atoms with van der Waals surface area (Å²) in [5.74, 6) is 1.09. The molecule has 0 aliphatic rings. The van der Waals surface area contributed by atoms with Gasteiger partial charge in [-0.3, -0.25) is 9.78 Å². The molecule has 1 aromatic carbocycles. The summed E-state index contributed by atoms with van der Waals surface area (Å²) in [5, 5.41) is 3.76. The molecule has 0 bridgehead atoms. The fourth-order valence-corrected chi connectivity index (χ4v) is 3.27. The molecule has 0 atom stereocenters. The second-order valence-electron chi connectivity index (χ2n) is 5.51. The monoisotopic (exact) mass is 369 g/mol. The standard InChI is InChI=1S/C19H19N3O3S/c1-13-17(26-19(22-13)14-5-4-8-20-10-14)11-21-18(23)12-25-16-7-3-6-15(9-16)24-2/h3-10H,11-12H2,1-2H3,(H,21,23). The molecule has 1 N–H and O–H groups in total. The molecule has 0 aliphatic carbocycles. The van der Waals surface area contributed by atoms with Gasteiger partial charge < -0.3 is 14.8 Å². The molecule has 1 amide bonds. The summed E-state index contributed by atoms with van der Waals surface area (Å²) in [4.78, 5) is 21.7. The van der Waals surface area contributed by atoms with Gasteiger partial charge >= 0.3 is 0 Å². The van der Waals surface area contributed by atoms with Crippen molar-refractivity contribution in [3.63, 3.8) is 0 Å². The highest BCUT2D eigenvalue weighted by molar-refractivity contribution is 7.15. The Morgan fingerprint density at radius 3 is 2.85 bits per heavy atom. The molecule has 26 heavy (non-hydrogen) atoms. The smallest absolute Gasteiger partial charge is 0.258 e. The first-order valence-corrected chi connectivity index (χ1v) is 8.87. The molecule has 0 spiro atoms. The molecule has 0 saturated heterocycles. The van der Waals surface area contributed by atoms with Crippen LogP contribution in [0.15, 0.2) is 48.8 Å². The summed E-state index contributed by atoms with van der Waals surface area (Å²) >= 11 is 1.55. The maximum absolute atomic E-state index is 12.0. The second-order valence-corrected chi connectivity index (χ2v) is 6.60. The molecule has 0 saturated carbocycles. The summed E-state index contributed by atoms with van der Waals surface area (Å²) in [6, 6.07) is 11.0. The van der Waals surface area contributed by atoms with Gasteiger partial charge in [0.1, 0.15) is 16.5 Å². The van der Waals surface area contributed by atoms with Crippen LogP contribution in [0.2, 0.25) is 0 Å². The maximum atomic E-state index is 12.0. The molecule has 2 aromatic heterocycles. The molecule has 134 valence electrons. The summed E-state index contributed by atoms with van der Waals surface area (Å²) < 4.78 is 10.6. The Hall–Kier alpha value is -2.93. The maximum Gasteiger partial charge on any atom is 0.258 e. The number of carbonyl (C=O) groups is 1. The minimum atomic E-state index is -0.191. The Morgan fingerprint density at radius 1 is 1.23 bits per heavy atom. The van der Waals surface area contributed by atoms with Crippen molar-refractivity contribution in [2.24, 2.45) is 0 Å². The van der Waals surface area contributed by atoms with E-state index < -0.39 is 0 Å². The number of benzene rings is 1. The van der Waals surface area contributed by atoms with Gasteiger partial charge in [-0.05, 0) is 31.2 Å². The Labute approximate surface area is 155 Å². The average molecular weight is 369 g/mol. The Bertz CT molecular complexity index is 881.